The average Bonchev–Trinajstić information content (AvgIpc) is 2.69. The highest BCUT2D eigenvalue weighted by Gasteiger charge is 2.13. The zero-order valence-electron chi connectivity index (χ0n) is 15.9. The van der Waals surface area contributed by atoms with E-state index in [0.717, 1.165) is 36.6 Å². The van der Waals surface area contributed by atoms with Crippen LogP contribution in [0.4, 0.5) is 0 Å². The van der Waals surface area contributed by atoms with Gasteiger partial charge in [0.1, 0.15) is 6.61 Å². The second kappa shape index (κ2) is 9.55. The molecule has 0 aliphatic carbocycles. The lowest BCUT2D eigenvalue weighted by molar-refractivity contribution is 0.153. The Morgan fingerprint density at radius 3 is 2.62 bits per heavy atom. The van der Waals surface area contributed by atoms with Gasteiger partial charge in [-0.1, -0.05) is 12.1 Å². The molecule has 1 aromatic heterocycles. The Labute approximate surface area is 156 Å². The summed E-state index contributed by atoms with van der Waals surface area (Å²) in [6, 6.07) is 12.1. The average molecular weight is 355 g/mol. The number of benzene rings is 1. The van der Waals surface area contributed by atoms with Crippen molar-refractivity contribution in [2.24, 2.45) is 0 Å². The van der Waals surface area contributed by atoms with E-state index in [0.29, 0.717) is 6.61 Å². The van der Waals surface area contributed by atoms with Crippen molar-refractivity contribution in [3.8, 4) is 11.5 Å². The molecule has 26 heavy (non-hydrogen) atoms. The number of piperazine rings is 1. The number of likely N-dealkylation sites (N-methyl/N-ethyl adjacent to an activating group) is 1. The van der Waals surface area contributed by atoms with E-state index in [1.807, 2.05) is 24.3 Å². The third kappa shape index (κ3) is 5.44. The predicted molar refractivity (Wildman–Crippen MR) is 104 cm³/mol. The number of aryl methyl sites for hydroxylation is 1. The Morgan fingerprint density at radius 1 is 1.04 bits per heavy atom. The molecule has 140 valence electrons. The Balaban J connectivity index is 1.53. The molecule has 5 heteroatoms. The summed E-state index contributed by atoms with van der Waals surface area (Å²) in [5.41, 5.74) is 2.20. The smallest absolute Gasteiger partial charge is 0.162 e. The summed E-state index contributed by atoms with van der Waals surface area (Å²) in [6.07, 6.45) is 4.00. The maximum Gasteiger partial charge on any atom is 0.162 e. The standard InChI is InChI=1S/C21H29N3O2/c1-23-12-14-24(15-13-23)11-5-6-18-8-9-20(25-2)21(16-18)26-17-19-7-3-4-10-22-19/h3-4,7-10,16H,5-6,11-15,17H2,1-2H3. The molecule has 1 aliphatic heterocycles. The Bertz CT molecular complexity index is 670. The van der Waals surface area contributed by atoms with Gasteiger partial charge in [-0.15, -0.1) is 0 Å². The van der Waals surface area contributed by atoms with E-state index in [1.54, 1.807) is 13.3 Å². The molecule has 0 amide bonds. The number of hydrogen-bond acceptors (Lipinski definition) is 5. The molecule has 1 aromatic carbocycles. The van der Waals surface area contributed by atoms with Crippen molar-refractivity contribution >= 4 is 0 Å². The molecule has 0 atom stereocenters. The first kappa shape index (κ1) is 18.7. The third-order valence-corrected chi connectivity index (χ3v) is 4.87. The van der Waals surface area contributed by atoms with E-state index >= 15 is 0 Å². The molecule has 1 fully saturated rings. The summed E-state index contributed by atoms with van der Waals surface area (Å²) in [5.74, 6) is 1.55. The lowest BCUT2D eigenvalue weighted by Crippen LogP contribution is -2.44. The van der Waals surface area contributed by atoms with Crippen molar-refractivity contribution in [3.05, 3.63) is 53.9 Å². The number of methoxy groups -OCH3 is 1. The highest BCUT2D eigenvalue weighted by atomic mass is 16.5. The van der Waals surface area contributed by atoms with Crippen LogP contribution in [0, 0.1) is 0 Å². The van der Waals surface area contributed by atoms with Crippen LogP contribution >= 0.6 is 0 Å². The minimum Gasteiger partial charge on any atom is -0.493 e. The van der Waals surface area contributed by atoms with Crippen LogP contribution < -0.4 is 9.47 Å². The second-order valence-corrected chi connectivity index (χ2v) is 6.84. The predicted octanol–water partition coefficient (Wildman–Crippen LogP) is 2.85. The summed E-state index contributed by atoms with van der Waals surface area (Å²) in [4.78, 5) is 9.26. The zero-order valence-corrected chi connectivity index (χ0v) is 15.9. The van der Waals surface area contributed by atoms with Crippen LogP contribution in [-0.2, 0) is 13.0 Å². The SMILES string of the molecule is COc1ccc(CCCN2CCN(C)CC2)cc1OCc1ccccn1. The summed E-state index contributed by atoms with van der Waals surface area (Å²) < 4.78 is 11.4. The van der Waals surface area contributed by atoms with Gasteiger partial charge in [-0.2, -0.15) is 0 Å². The van der Waals surface area contributed by atoms with E-state index in [9.17, 15) is 0 Å². The lowest BCUT2D eigenvalue weighted by Gasteiger charge is -2.32. The zero-order chi connectivity index (χ0) is 18.2. The van der Waals surface area contributed by atoms with Gasteiger partial charge in [-0.25, -0.2) is 0 Å². The third-order valence-electron chi connectivity index (χ3n) is 4.87. The molecule has 2 heterocycles. The number of pyridine rings is 1. The molecule has 3 rings (SSSR count). The van der Waals surface area contributed by atoms with E-state index in [-0.39, 0.29) is 0 Å². The van der Waals surface area contributed by atoms with E-state index in [4.69, 9.17) is 9.47 Å². The minimum absolute atomic E-state index is 0.446. The summed E-state index contributed by atoms with van der Waals surface area (Å²) in [5, 5.41) is 0. The van der Waals surface area contributed by atoms with Crippen LogP contribution in [0.15, 0.2) is 42.6 Å². The summed E-state index contributed by atoms with van der Waals surface area (Å²) in [6.45, 7) is 6.31. The maximum atomic E-state index is 5.96. The van der Waals surface area contributed by atoms with Crippen LogP contribution in [0.5, 0.6) is 11.5 Å². The number of rotatable bonds is 8. The molecular formula is C21H29N3O2. The lowest BCUT2D eigenvalue weighted by atomic mass is 10.1. The molecule has 1 saturated heterocycles. The minimum atomic E-state index is 0.446. The maximum absolute atomic E-state index is 5.96. The van der Waals surface area contributed by atoms with Gasteiger partial charge in [0.15, 0.2) is 11.5 Å². The normalized spacial score (nSPS) is 15.8. The van der Waals surface area contributed by atoms with Crippen LogP contribution in [0.3, 0.4) is 0 Å². The van der Waals surface area contributed by atoms with Gasteiger partial charge in [0.05, 0.1) is 12.8 Å². The molecule has 0 bridgehead atoms. The van der Waals surface area contributed by atoms with Crippen LogP contribution in [0.1, 0.15) is 17.7 Å². The van der Waals surface area contributed by atoms with Gasteiger partial charge < -0.3 is 19.3 Å². The molecule has 0 N–H and O–H groups in total. The van der Waals surface area contributed by atoms with Crippen molar-refractivity contribution in [2.45, 2.75) is 19.4 Å². The molecule has 0 saturated carbocycles. The fraction of sp³-hybridized carbons (Fsp3) is 0.476. The molecule has 1 aliphatic rings. The Kier molecular flexibility index (Phi) is 6.86. The molecular weight excluding hydrogens is 326 g/mol. The molecule has 2 aromatic rings. The van der Waals surface area contributed by atoms with Crippen molar-refractivity contribution < 1.29 is 9.47 Å². The fourth-order valence-corrected chi connectivity index (χ4v) is 3.20. The quantitative estimate of drug-likeness (QED) is 0.728. The van der Waals surface area contributed by atoms with Gasteiger partial charge in [-0.05, 0) is 56.3 Å². The Hall–Kier alpha value is -2.11. The summed E-state index contributed by atoms with van der Waals surface area (Å²) >= 11 is 0. The second-order valence-electron chi connectivity index (χ2n) is 6.84. The number of aromatic nitrogens is 1. The van der Waals surface area contributed by atoms with E-state index < -0.39 is 0 Å². The van der Waals surface area contributed by atoms with E-state index in [1.165, 1.54) is 31.7 Å². The van der Waals surface area contributed by atoms with Gasteiger partial charge in [0.25, 0.3) is 0 Å². The largest absolute Gasteiger partial charge is 0.493 e. The number of nitrogens with zero attached hydrogens (tertiary/aromatic N) is 3. The van der Waals surface area contributed by atoms with Crippen LogP contribution in [0.25, 0.3) is 0 Å². The molecule has 0 unspecified atom stereocenters. The van der Waals surface area contributed by atoms with Crippen molar-refractivity contribution in [1.82, 2.24) is 14.8 Å². The molecule has 0 radical (unpaired) electrons. The monoisotopic (exact) mass is 355 g/mol. The van der Waals surface area contributed by atoms with Crippen molar-refractivity contribution in [2.75, 3.05) is 46.9 Å². The van der Waals surface area contributed by atoms with Gasteiger partial charge >= 0.3 is 0 Å². The fourth-order valence-electron chi connectivity index (χ4n) is 3.20. The van der Waals surface area contributed by atoms with Crippen LogP contribution in [0.2, 0.25) is 0 Å². The van der Waals surface area contributed by atoms with Crippen molar-refractivity contribution in [3.63, 3.8) is 0 Å². The number of ether oxygens (including phenoxy) is 2. The van der Waals surface area contributed by atoms with Gasteiger partial charge in [0, 0.05) is 32.4 Å². The highest BCUT2D eigenvalue weighted by Crippen LogP contribution is 2.29. The molecule has 0 spiro atoms. The number of hydrogen-bond donors (Lipinski definition) is 0. The molecule has 5 nitrogen and oxygen atoms in total. The topological polar surface area (TPSA) is 37.8 Å². The summed E-state index contributed by atoms with van der Waals surface area (Å²) in [7, 11) is 3.87. The highest BCUT2D eigenvalue weighted by molar-refractivity contribution is 5.43. The van der Waals surface area contributed by atoms with Crippen molar-refractivity contribution in [1.29, 1.82) is 0 Å². The van der Waals surface area contributed by atoms with Gasteiger partial charge in [-0.3, -0.25) is 4.98 Å². The first-order valence-electron chi connectivity index (χ1n) is 9.35. The Morgan fingerprint density at radius 2 is 1.88 bits per heavy atom. The first-order chi connectivity index (χ1) is 12.7. The first-order valence-corrected chi connectivity index (χ1v) is 9.35. The van der Waals surface area contributed by atoms with E-state index in [2.05, 4.69) is 34.0 Å². The van der Waals surface area contributed by atoms with Gasteiger partial charge in [0.2, 0.25) is 0 Å². The van der Waals surface area contributed by atoms with Crippen LogP contribution in [-0.4, -0.2) is 61.7 Å².